The van der Waals surface area contributed by atoms with Crippen molar-refractivity contribution in [3.63, 3.8) is 0 Å². The van der Waals surface area contributed by atoms with Crippen molar-refractivity contribution >= 4 is 36.6 Å². The predicted octanol–water partition coefficient (Wildman–Crippen LogP) is 0.215. The second-order valence-electron chi connectivity index (χ2n) is 7.95. The maximum absolute atomic E-state index is 14.9. The lowest BCUT2D eigenvalue weighted by Crippen LogP contribution is -3.00. The molecule has 9 nitrogen and oxygen atoms in total. The van der Waals surface area contributed by atoms with Crippen LogP contribution in [0, 0.1) is 11.6 Å². The highest BCUT2D eigenvalue weighted by atomic mass is 35.5. The number of rotatable bonds is 8. The normalized spacial score (nSPS) is 12.6. The number of aromatic amines is 1. The standard InChI is InChI=1S/C21H22F2N8OS.3ClH/c1-4-17-25-13-30(29-17)10-21(32,15-6-5-14(22)9-16(15)23)20(2,3)33-19-8-7-18(27-28-19)31-12-24-11-26-31;;;/h5-9,11-13,32H,4,10H2,1-3H3;3*1H/t21-;;;/m0.../s1. The fourth-order valence-electron chi connectivity index (χ4n) is 3.45. The van der Waals surface area contributed by atoms with Crippen LogP contribution in [0.25, 0.3) is 5.82 Å². The van der Waals surface area contributed by atoms with E-state index in [4.69, 9.17) is 0 Å². The average Bonchev–Trinajstić information content (AvgIpc) is 3.46. The lowest BCUT2D eigenvalue weighted by molar-refractivity contribution is -0.765. The number of H-pyrrole nitrogens is 1. The zero-order valence-corrected chi connectivity index (χ0v) is 22.7. The third-order valence-electron chi connectivity index (χ3n) is 5.37. The minimum absolute atomic E-state index is 0. The highest BCUT2D eigenvalue weighted by Crippen LogP contribution is 2.46. The molecule has 0 unspecified atom stereocenters. The number of aryl methyl sites for hydroxylation is 1. The topological polar surface area (TPSA) is 109 Å². The third kappa shape index (κ3) is 6.48. The number of aliphatic hydroxyl groups is 1. The Balaban J connectivity index is 0.00000216. The second kappa shape index (κ2) is 12.7. The van der Waals surface area contributed by atoms with Crippen molar-refractivity contribution < 1.29 is 31.0 Å². The average molecular weight is 582 g/mol. The summed E-state index contributed by atoms with van der Waals surface area (Å²) in [5, 5.41) is 27.9. The summed E-state index contributed by atoms with van der Waals surface area (Å²) < 4.78 is 30.6. The number of halogens is 5. The van der Waals surface area contributed by atoms with Gasteiger partial charge in [0.15, 0.2) is 5.82 Å². The van der Waals surface area contributed by atoms with E-state index in [0.717, 1.165) is 18.0 Å². The van der Waals surface area contributed by atoms with Gasteiger partial charge in [-0.1, -0.05) is 24.8 Å². The van der Waals surface area contributed by atoms with Crippen LogP contribution >= 0.6 is 36.6 Å². The monoisotopic (exact) mass is 580 g/mol. The maximum atomic E-state index is 14.9. The quantitative estimate of drug-likeness (QED) is 0.226. The van der Waals surface area contributed by atoms with E-state index in [-0.39, 0.29) is 49.3 Å². The largest absolute Gasteiger partial charge is 1.00 e. The van der Waals surface area contributed by atoms with Crippen molar-refractivity contribution in [3.8, 4) is 5.82 Å². The van der Waals surface area contributed by atoms with Crippen LogP contribution in [0.3, 0.4) is 0 Å². The zero-order valence-electron chi connectivity index (χ0n) is 19.5. The SMILES string of the molecule is CCc1nc[n+](C[C@](O)(c2ccc(F)cc2F)C(C)(C)Sc2ccc(-n3cncn3)nn2)[nH]1.Cl.Cl.[Cl-]. The smallest absolute Gasteiger partial charge is 0.307 e. The molecule has 15 heteroatoms. The molecule has 0 spiro atoms. The molecule has 3 aromatic heterocycles. The van der Waals surface area contributed by atoms with E-state index < -0.39 is 22.0 Å². The van der Waals surface area contributed by atoms with Crippen molar-refractivity contribution in [2.45, 2.75) is 49.1 Å². The molecule has 0 fully saturated rings. The van der Waals surface area contributed by atoms with Crippen LogP contribution < -0.4 is 17.1 Å². The van der Waals surface area contributed by atoms with E-state index in [1.807, 2.05) is 6.92 Å². The Labute approximate surface area is 229 Å². The summed E-state index contributed by atoms with van der Waals surface area (Å²) in [4.78, 5) is 8.13. The zero-order chi connectivity index (χ0) is 23.6. The van der Waals surface area contributed by atoms with Crippen LogP contribution in [0.15, 0.2) is 54.3 Å². The third-order valence-corrected chi connectivity index (χ3v) is 6.65. The van der Waals surface area contributed by atoms with Crippen LogP contribution in [0.4, 0.5) is 8.78 Å². The van der Waals surface area contributed by atoms with Crippen LogP contribution in [0.5, 0.6) is 0 Å². The van der Waals surface area contributed by atoms with E-state index in [1.165, 1.54) is 35.2 Å². The Hall–Kier alpha value is -2.38. The summed E-state index contributed by atoms with van der Waals surface area (Å²) in [6, 6.07) is 6.62. The maximum Gasteiger partial charge on any atom is 0.307 e. The Bertz CT molecular complexity index is 1240. The molecule has 1 atom stereocenters. The summed E-state index contributed by atoms with van der Waals surface area (Å²) in [5.74, 6) is -0.359. The molecular weight excluding hydrogens is 557 g/mol. The Morgan fingerprint density at radius 2 is 1.89 bits per heavy atom. The van der Waals surface area contributed by atoms with Gasteiger partial charge in [0, 0.05) is 18.1 Å². The summed E-state index contributed by atoms with van der Waals surface area (Å²) in [6.45, 7) is 5.43. The van der Waals surface area contributed by atoms with Crippen molar-refractivity contribution in [3.05, 3.63) is 72.3 Å². The van der Waals surface area contributed by atoms with Crippen molar-refractivity contribution in [2.24, 2.45) is 0 Å². The Morgan fingerprint density at radius 1 is 1.14 bits per heavy atom. The van der Waals surface area contributed by atoms with E-state index in [9.17, 15) is 13.9 Å². The van der Waals surface area contributed by atoms with E-state index in [0.29, 0.717) is 17.3 Å². The van der Waals surface area contributed by atoms with Crippen molar-refractivity contribution in [1.82, 2.24) is 35.0 Å². The molecule has 0 aliphatic carbocycles. The molecule has 4 aromatic rings. The van der Waals surface area contributed by atoms with E-state index >= 15 is 0 Å². The van der Waals surface area contributed by atoms with Crippen molar-refractivity contribution in [1.29, 1.82) is 0 Å². The first kappa shape index (κ1) is 31.6. The molecule has 4 rings (SSSR count). The molecule has 1 aromatic carbocycles. The minimum Gasteiger partial charge on any atom is -1.00 e. The van der Waals surface area contributed by atoms with Crippen LogP contribution in [-0.2, 0) is 18.6 Å². The van der Waals surface area contributed by atoms with E-state index in [1.54, 1.807) is 37.0 Å². The molecule has 0 amide bonds. The molecular formula is C21H25Cl3F2N8OS. The van der Waals surface area contributed by atoms with Gasteiger partial charge in [0.1, 0.15) is 41.5 Å². The number of benzene rings is 1. The van der Waals surface area contributed by atoms with Gasteiger partial charge in [0.25, 0.3) is 5.82 Å². The lowest BCUT2D eigenvalue weighted by Gasteiger charge is -2.40. The first-order valence-electron chi connectivity index (χ1n) is 10.2. The molecule has 0 saturated heterocycles. The van der Waals surface area contributed by atoms with Gasteiger partial charge >= 0.3 is 6.33 Å². The molecule has 3 heterocycles. The molecule has 0 saturated carbocycles. The summed E-state index contributed by atoms with van der Waals surface area (Å²) in [6.07, 6.45) is 5.10. The minimum atomic E-state index is -1.77. The number of thioether (sulfide) groups is 1. The number of nitrogens with one attached hydrogen (secondary N) is 1. The molecule has 36 heavy (non-hydrogen) atoms. The molecule has 0 radical (unpaired) electrons. The first-order valence-corrected chi connectivity index (χ1v) is 11.0. The van der Waals surface area contributed by atoms with Gasteiger partial charge in [0.2, 0.25) is 0 Å². The Kier molecular flexibility index (Phi) is 11.2. The molecule has 2 N–H and O–H groups in total. The molecule has 0 aliphatic rings. The van der Waals surface area contributed by atoms with Crippen LogP contribution in [0.2, 0.25) is 0 Å². The van der Waals surface area contributed by atoms with Gasteiger partial charge in [0.05, 0.1) is 4.75 Å². The van der Waals surface area contributed by atoms with Gasteiger partial charge in [-0.15, -0.1) is 35.0 Å². The predicted molar refractivity (Wildman–Crippen MR) is 130 cm³/mol. The van der Waals surface area contributed by atoms with Gasteiger partial charge < -0.3 is 17.5 Å². The number of hydrogen-bond acceptors (Lipinski definition) is 7. The number of nitrogens with zero attached hydrogens (tertiary/aromatic N) is 7. The number of hydrogen-bond donors (Lipinski definition) is 2. The summed E-state index contributed by atoms with van der Waals surface area (Å²) in [7, 11) is 0. The lowest BCUT2D eigenvalue weighted by atomic mass is 9.82. The van der Waals surface area contributed by atoms with Crippen LogP contribution in [0.1, 0.15) is 32.2 Å². The van der Waals surface area contributed by atoms with E-state index in [2.05, 4.69) is 30.4 Å². The van der Waals surface area contributed by atoms with Gasteiger partial charge in [-0.3, -0.25) is 0 Å². The Morgan fingerprint density at radius 3 is 2.44 bits per heavy atom. The second-order valence-corrected chi connectivity index (χ2v) is 9.59. The highest BCUT2D eigenvalue weighted by molar-refractivity contribution is 8.00. The molecule has 196 valence electrons. The summed E-state index contributed by atoms with van der Waals surface area (Å²) in [5.41, 5.74) is -1.81. The van der Waals surface area contributed by atoms with Gasteiger partial charge in [-0.05, 0) is 37.0 Å². The summed E-state index contributed by atoms with van der Waals surface area (Å²) >= 11 is 1.22. The molecule has 0 aliphatic heterocycles. The molecule has 0 bridgehead atoms. The fraction of sp³-hybridized carbons (Fsp3) is 0.333. The first-order chi connectivity index (χ1) is 15.7. The van der Waals surface area contributed by atoms with Gasteiger partial charge in [-0.25, -0.2) is 18.4 Å². The van der Waals surface area contributed by atoms with Gasteiger partial charge in [-0.2, -0.15) is 14.9 Å². The highest BCUT2D eigenvalue weighted by Gasteiger charge is 2.50. The van der Waals surface area contributed by atoms with Crippen LogP contribution in [-0.4, -0.2) is 44.9 Å². The number of aromatic nitrogens is 8. The fourth-order valence-corrected chi connectivity index (χ4v) is 4.53. The van der Waals surface area contributed by atoms with Crippen molar-refractivity contribution in [2.75, 3.05) is 0 Å².